The predicted molar refractivity (Wildman–Crippen MR) is 73.0 cm³/mol. The molecule has 0 saturated heterocycles. The molecule has 0 radical (unpaired) electrons. The van der Waals surface area contributed by atoms with Gasteiger partial charge in [0.25, 0.3) is 5.69 Å². The third kappa shape index (κ3) is 2.83. The Morgan fingerprint density at radius 3 is 2.90 bits per heavy atom. The number of nitro groups is 1. The van der Waals surface area contributed by atoms with Gasteiger partial charge in [0, 0.05) is 17.7 Å². The summed E-state index contributed by atoms with van der Waals surface area (Å²) in [6.45, 7) is 3.85. The van der Waals surface area contributed by atoms with E-state index in [1.165, 1.54) is 12.1 Å². The van der Waals surface area contributed by atoms with Crippen LogP contribution < -0.4 is 5.73 Å². The standard InChI is InChI=1S/C13H16N4O3/c1-3-4-11(14)13-15-12(16-20-13)10-7-9(17(18)19)6-5-8(10)2/h5-7,11H,3-4,14H2,1-2H3/t11-/m0/s1. The summed E-state index contributed by atoms with van der Waals surface area (Å²) in [5.74, 6) is 0.681. The molecule has 2 aromatic rings. The Balaban J connectivity index is 2.36. The first-order chi connectivity index (χ1) is 9.52. The van der Waals surface area contributed by atoms with Gasteiger partial charge in [-0.15, -0.1) is 0 Å². The van der Waals surface area contributed by atoms with E-state index in [-0.39, 0.29) is 11.7 Å². The van der Waals surface area contributed by atoms with E-state index in [0.29, 0.717) is 17.3 Å². The molecular weight excluding hydrogens is 260 g/mol. The molecule has 0 unspecified atom stereocenters. The van der Waals surface area contributed by atoms with Crippen molar-refractivity contribution in [3.05, 3.63) is 39.8 Å². The molecule has 0 aliphatic carbocycles. The smallest absolute Gasteiger partial charge is 0.270 e. The zero-order valence-electron chi connectivity index (χ0n) is 11.4. The van der Waals surface area contributed by atoms with Crippen molar-refractivity contribution in [1.29, 1.82) is 0 Å². The van der Waals surface area contributed by atoms with Gasteiger partial charge in [0.2, 0.25) is 11.7 Å². The molecule has 0 aliphatic heterocycles. The maximum atomic E-state index is 10.8. The van der Waals surface area contributed by atoms with E-state index in [2.05, 4.69) is 10.1 Å². The maximum Gasteiger partial charge on any atom is 0.270 e. The lowest BCUT2D eigenvalue weighted by Crippen LogP contribution is -2.09. The summed E-state index contributed by atoms with van der Waals surface area (Å²) in [6.07, 6.45) is 1.66. The molecular formula is C13H16N4O3. The molecule has 7 heteroatoms. The lowest BCUT2D eigenvalue weighted by molar-refractivity contribution is -0.384. The Bertz CT molecular complexity index is 624. The van der Waals surface area contributed by atoms with Crippen LogP contribution in [-0.4, -0.2) is 15.1 Å². The maximum absolute atomic E-state index is 10.8. The van der Waals surface area contributed by atoms with Crippen molar-refractivity contribution < 1.29 is 9.45 Å². The van der Waals surface area contributed by atoms with Crippen LogP contribution in [0.3, 0.4) is 0 Å². The lowest BCUT2D eigenvalue weighted by atomic mass is 10.1. The Morgan fingerprint density at radius 1 is 1.50 bits per heavy atom. The van der Waals surface area contributed by atoms with Crippen LogP contribution in [-0.2, 0) is 0 Å². The van der Waals surface area contributed by atoms with Gasteiger partial charge >= 0.3 is 0 Å². The number of nitrogens with zero attached hydrogens (tertiary/aromatic N) is 3. The van der Waals surface area contributed by atoms with Gasteiger partial charge in [-0.1, -0.05) is 24.6 Å². The van der Waals surface area contributed by atoms with Crippen molar-refractivity contribution >= 4 is 5.69 Å². The summed E-state index contributed by atoms with van der Waals surface area (Å²) < 4.78 is 5.13. The molecule has 0 spiro atoms. The molecule has 2 N–H and O–H groups in total. The van der Waals surface area contributed by atoms with E-state index >= 15 is 0 Å². The van der Waals surface area contributed by atoms with E-state index in [4.69, 9.17) is 10.3 Å². The fourth-order valence-corrected chi connectivity index (χ4v) is 1.89. The van der Waals surface area contributed by atoms with Crippen LogP contribution in [0.4, 0.5) is 5.69 Å². The third-order valence-corrected chi connectivity index (χ3v) is 3.03. The summed E-state index contributed by atoms with van der Waals surface area (Å²) in [5, 5.41) is 14.7. The van der Waals surface area contributed by atoms with E-state index < -0.39 is 4.92 Å². The molecule has 1 aromatic carbocycles. The zero-order valence-corrected chi connectivity index (χ0v) is 11.4. The Kier molecular flexibility index (Phi) is 4.09. The number of rotatable bonds is 5. The number of hydrogen-bond acceptors (Lipinski definition) is 6. The zero-order chi connectivity index (χ0) is 14.7. The average Bonchev–Trinajstić information content (AvgIpc) is 2.88. The highest BCUT2D eigenvalue weighted by molar-refractivity contribution is 5.63. The fourth-order valence-electron chi connectivity index (χ4n) is 1.89. The largest absolute Gasteiger partial charge is 0.337 e. The average molecular weight is 276 g/mol. The molecule has 2 rings (SSSR count). The molecule has 0 aliphatic rings. The summed E-state index contributed by atoms with van der Waals surface area (Å²) in [7, 11) is 0. The summed E-state index contributed by atoms with van der Waals surface area (Å²) in [5.41, 5.74) is 7.33. The molecule has 1 aromatic heterocycles. The van der Waals surface area contributed by atoms with E-state index in [1.54, 1.807) is 6.07 Å². The van der Waals surface area contributed by atoms with Crippen LogP contribution in [0.5, 0.6) is 0 Å². The van der Waals surface area contributed by atoms with Crippen LogP contribution in [0.1, 0.15) is 37.3 Å². The second-order valence-electron chi connectivity index (χ2n) is 4.61. The van der Waals surface area contributed by atoms with E-state index in [9.17, 15) is 10.1 Å². The van der Waals surface area contributed by atoms with Crippen molar-refractivity contribution in [2.24, 2.45) is 5.73 Å². The molecule has 106 valence electrons. The van der Waals surface area contributed by atoms with E-state index in [0.717, 1.165) is 18.4 Å². The number of non-ortho nitro benzene ring substituents is 1. The van der Waals surface area contributed by atoms with Gasteiger partial charge in [-0.3, -0.25) is 10.1 Å². The highest BCUT2D eigenvalue weighted by Crippen LogP contribution is 2.26. The van der Waals surface area contributed by atoms with Crippen LogP contribution >= 0.6 is 0 Å². The predicted octanol–water partition coefficient (Wildman–Crippen LogP) is 2.75. The third-order valence-electron chi connectivity index (χ3n) is 3.03. The number of aryl methyl sites for hydroxylation is 1. The van der Waals surface area contributed by atoms with Crippen molar-refractivity contribution in [1.82, 2.24) is 10.1 Å². The van der Waals surface area contributed by atoms with Gasteiger partial charge in [0.1, 0.15) is 0 Å². The number of hydrogen-bond donors (Lipinski definition) is 1. The first-order valence-corrected chi connectivity index (χ1v) is 6.37. The van der Waals surface area contributed by atoms with Gasteiger partial charge in [0.05, 0.1) is 11.0 Å². The summed E-state index contributed by atoms with van der Waals surface area (Å²) in [4.78, 5) is 14.6. The molecule has 7 nitrogen and oxygen atoms in total. The normalized spacial score (nSPS) is 12.3. The van der Waals surface area contributed by atoms with Crippen LogP contribution in [0.2, 0.25) is 0 Å². The topological polar surface area (TPSA) is 108 Å². The number of nitrogens with two attached hydrogens (primary N) is 1. The molecule has 0 fully saturated rings. The summed E-state index contributed by atoms with van der Waals surface area (Å²) >= 11 is 0. The van der Waals surface area contributed by atoms with Gasteiger partial charge in [0.15, 0.2) is 0 Å². The SMILES string of the molecule is CCC[C@H](N)c1nc(-c2cc([N+](=O)[O-])ccc2C)no1. The second kappa shape index (κ2) is 5.79. The first kappa shape index (κ1) is 14.1. The Morgan fingerprint density at radius 2 is 2.25 bits per heavy atom. The molecule has 0 amide bonds. The molecule has 0 saturated carbocycles. The Hall–Kier alpha value is -2.28. The fraction of sp³-hybridized carbons (Fsp3) is 0.385. The highest BCUT2D eigenvalue weighted by Gasteiger charge is 2.18. The molecule has 1 heterocycles. The number of aromatic nitrogens is 2. The van der Waals surface area contributed by atoms with Gasteiger partial charge < -0.3 is 10.3 Å². The molecule has 0 bridgehead atoms. The first-order valence-electron chi connectivity index (χ1n) is 6.37. The van der Waals surface area contributed by atoms with E-state index in [1.807, 2.05) is 13.8 Å². The molecule has 20 heavy (non-hydrogen) atoms. The minimum absolute atomic E-state index is 0.00481. The van der Waals surface area contributed by atoms with Crippen molar-refractivity contribution in [2.75, 3.05) is 0 Å². The van der Waals surface area contributed by atoms with Crippen LogP contribution in [0.15, 0.2) is 22.7 Å². The highest BCUT2D eigenvalue weighted by atomic mass is 16.6. The number of nitro benzene ring substituents is 1. The monoisotopic (exact) mass is 276 g/mol. The lowest BCUT2D eigenvalue weighted by Gasteiger charge is -2.02. The molecule has 1 atom stereocenters. The minimum atomic E-state index is -0.452. The van der Waals surface area contributed by atoms with Crippen LogP contribution in [0, 0.1) is 17.0 Å². The van der Waals surface area contributed by atoms with Crippen molar-refractivity contribution in [3.63, 3.8) is 0 Å². The Labute approximate surface area is 115 Å². The quantitative estimate of drug-likeness (QED) is 0.664. The number of benzene rings is 1. The minimum Gasteiger partial charge on any atom is -0.337 e. The van der Waals surface area contributed by atoms with Crippen LogP contribution in [0.25, 0.3) is 11.4 Å². The van der Waals surface area contributed by atoms with Crippen molar-refractivity contribution in [3.8, 4) is 11.4 Å². The van der Waals surface area contributed by atoms with Crippen molar-refractivity contribution in [2.45, 2.75) is 32.7 Å². The van der Waals surface area contributed by atoms with Gasteiger partial charge in [-0.2, -0.15) is 4.98 Å². The summed E-state index contributed by atoms with van der Waals surface area (Å²) in [6, 6.07) is 4.24. The van der Waals surface area contributed by atoms with Gasteiger partial charge in [-0.05, 0) is 18.9 Å². The van der Waals surface area contributed by atoms with Gasteiger partial charge in [-0.25, -0.2) is 0 Å². The second-order valence-corrected chi connectivity index (χ2v) is 4.61.